The molecule has 6 heteroatoms. The van der Waals surface area contributed by atoms with E-state index in [0.717, 1.165) is 4.47 Å². The zero-order valence-corrected chi connectivity index (χ0v) is 12.3. The monoisotopic (exact) mass is 351 g/mol. The fraction of sp³-hybridized carbons (Fsp3) is 0. The molecule has 0 saturated carbocycles. The van der Waals surface area contributed by atoms with Gasteiger partial charge >= 0.3 is 5.97 Å². The molecule has 0 aliphatic carbocycles. The van der Waals surface area contributed by atoms with E-state index in [2.05, 4.69) is 20.9 Å². The molecule has 0 unspecified atom stereocenters. The highest BCUT2D eigenvalue weighted by atomic mass is 79.9. The Bertz CT molecular complexity index is 828. The van der Waals surface area contributed by atoms with E-state index < -0.39 is 5.97 Å². The van der Waals surface area contributed by atoms with Gasteiger partial charge in [0.15, 0.2) is 5.58 Å². The molecule has 1 N–H and O–H groups in total. The number of aromatic carboxylic acids is 1. The van der Waals surface area contributed by atoms with Crippen molar-refractivity contribution in [2.75, 3.05) is 0 Å². The van der Waals surface area contributed by atoms with Crippen molar-refractivity contribution in [2.24, 2.45) is 0 Å². The van der Waals surface area contributed by atoms with Crippen molar-refractivity contribution in [3.63, 3.8) is 0 Å². The van der Waals surface area contributed by atoms with Gasteiger partial charge in [0, 0.05) is 10.0 Å². The van der Waals surface area contributed by atoms with Gasteiger partial charge in [-0.25, -0.2) is 9.78 Å². The van der Waals surface area contributed by atoms with E-state index in [1.165, 1.54) is 6.07 Å². The molecule has 0 atom stereocenters. The normalized spacial score (nSPS) is 10.9. The Morgan fingerprint density at radius 1 is 1.30 bits per heavy atom. The van der Waals surface area contributed by atoms with Crippen molar-refractivity contribution in [3.8, 4) is 11.5 Å². The van der Waals surface area contributed by atoms with E-state index in [4.69, 9.17) is 21.1 Å². The average Bonchev–Trinajstić information content (AvgIpc) is 2.85. The summed E-state index contributed by atoms with van der Waals surface area (Å²) >= 11 is 9.27. The number of hydrogen-bond donors (Lipinski definition) is 1. The number of fused-ring (bicyclic) bond motifs is 1. The molecule has 20 heavy (non-hydrogen) atoms. The largest absolute Gasteiger partial charge is 0.478 e. The second-order valence-electron chi connectivity index (χ2n) is 4.11. The molecule has 2 aromatic carbocycles. The number of oxazole rings is 1. The fourth-order valence-electron chi connectivity index (χ4n) is 1.87. The van der Waals surface area contributed by atoms with E-state index in [9.17, 15) is 4.79 Å². The summed E-state index contributed by atoms with van der Waals surface area (Å²) in [6.07, 6.45) is 0. The summed E-state index contributed by atoms with van der Waals surface area (Å²) in [6.45, 7) is 0. The molecule has 3 aromatic rings. The molecule has 0 bridgehead atoms. The molecule has 1 aromatic heterocycles. The van der Waals surface area contributed by atoms with Crippen molar-refractivity contribution in [3.05, 3.63) is 51.5 Å². The smallest absolute Gasteiger partial charge is 0.338 e. The molecule has 0 spiro atoms. The number of rotatable bonds is 2. The van der Waals surface area contributed by atoms with E-state index in [1.807, 2.05) is 0 Å². The van der Waals surface area contributed by atoms with Gasteiger partial charge in [-0.2, -0.15) is 0 Å². The molecule has 0 aliphatic heterocycles. The molecular weight excluding hydrogens is 346 g/mol. The van der Waals surface area contributed by atoms with Crippen LogP contribution >= 0.6 is 27.5 Å². The second kappa shape index (κ2) is 4.92. The van der Waals surface area contributed by atoms with Gasteiger partial charge < -0.3 is 9.52 Å². The lowest BCUT2D eigenvalue weighted by atomic mass is 10.2. The van der Waals surface area contributed by atoms with Gasteiger partial charge in [0.25, 0.3) is 0 Å². The van der Waals surface area contributed by atoms with E-state index in [1.54, 1.807) is 30.3 Å². The number of para-hydroxylation sites is 1. The molecular formula is C14H7BrClNO3. The van der Waals surface area contributed by atoms with Crippen LogP contribution in [0.15, 0.2) is 45.3 Å². The minimum absolute atomic E-state index is 0.116. The Hall–Kier alpha value is -1.85. The predicted octanol–water partition coefficient (Wildman–Crippen LogP) is 4.61. The summed E-state index contributed by atoms with van der Waals surface area (Å²) in [5.74, 6) is -0.682. The minimum Gasteiger partial charge on any atom is -0.478 e. The van der Waals surface area contributed by atoms with Crippen LogP contribution in [0.25, 0.3) is 22.6 Å². The van der Waals surface area contributed by atoms with Crippen LogP contribution in [-0.4, -0.2) is 16.1 Å². The predicted molar refractivity (Wildman–Crippen MR) is 79.1 cm³/mol. The van der Waals surface area contributed by atoms with Crippen LogP contribution < -0.4 is 0 Å². The number of hydrogen-bond acceptors (Lipinski definition) is 3. The van der Waals surface area contributed by atoms with Gasteiger partial charge in [-0.1, -0.05) is 17.7 Å². The van der Waals surface area contributed by atoms with Crippen molar-refractivity contribution in [1.82, 2.24) is 4.98 Å². The lowest BCUT2D eigenvalue weighted by Crippen LogP contribution is -1.96. The first-order valence-electron chi connectivity index (χ1n) is 5.64. The Morgan fingerprint density at radius 2 is 2.10 bits per heavy atom. The number of halogens is 2. The van der Waals surface area contributed by atoms with E-state index in [0.29, 0.717) is 27.6 Å². The van der Waals surface area contributed by atoms with Gasteiger partial charge in [-0.3, -0.25) is 0 Å². The fourth-order valence-corrected chi connectivity index (χ4v) is 2.37. The summed E-state index contributed by atoms with van der Waals surface area (Å²) in [6, 6.07) is 10.1. The zero-order valence-electron chi connectivity index (χ0n) is 9.93. The van der Waals surface area contributed by atoms with Crippen LogP contribution in [0.5, 0.6) is 0 Å². The maximum Gasteiger partial charge on any atom is 0.338 e. The second-order valence-corrected chi connectivity index (χ2v) is 5.37. The molecule has 0 saturated heterocycles. The molecule has 1 heterocycles. The standard InChI is InChI=1S/C14H7BrClNO3/c15-9-6-7(4-5-10(9)16)13-17-12-8(14(18)19)2-1-3-11(12)20-13/h1-6H,(H,18,19). The van der Waals surface area contributed by atoms with Crippen LogP contribution in [0.3, 0.4) is 0 Å². The van der Waals surface area contributed by atoms with Crippen LogP contribution in [-0.2, 0) is 0 Å². The number of benzene rings is 2. The summed E-state index contributed by atoms with van der Waals surface area (Å²) in [5.41, 5.74) is 1.60. The highest BCUT2D eigenvalue weighted by Gasteiger charge is 2.15. The summed E-state index contributed by atoms with van der Waals surface area (Å²) in [4.78, 5) is 15.4. The van der Waals surface area contributed by atoms with Crippen molar-refractivity contribution < 1.29 is 14.3 Å². The molecule has 0 radical (unpaired) electrons. The van der Waals surface area contributed by atoms with Gasteiger partial charge in [-0.05, 0) is 46.3 Å². The number of nitrogens with zero attached hydrogens (tertiary/aromatic N) is 1. The van der Waals surface area contributed by atoms with Gasteiger partial charge in [0.05, 0.1) is 10.6 Å². The summed E-state index contributed by atoms with van der Waals surface area (Å²) in [7, 11) is 0. The van der Waals surface area contributed by atoms with Crippen molar-refractivity contribution >= 4 is 44.6 Å². The summed E-state index contributed by atoms with van der Waals surface area (Å²) in [5, 5.41) is 9.72. The molecule has 4 nitrogen and oxygen atoms in total. The first-order chi connectivity index (χ1) is 9.56. The highest BCUT2D eigenvalue weighted by Crippen LogP contribution is 2.31. The lowest BCUT2D eigenvalue weighted by molar-refractivity contribution is 0.0699. The van der Waals surface area contributed by atoms with Gasteiger partial charge in [0.1, 0.15) is 5.52 Å². The average molecular weight is 353 g/mol. The topological polar surface area (TPSA) is 63.3 Å². The Balaban J connectivity index is 2.20. The number of aromatic nitrogens is 1. The highest BCUT2D eigenvalue weighted by molar-refractivity contribution is 9.10. The first kappa shape index (κ1) is 13.1. The molecule has 0 fully saturated rings. The third kappa shape index (κ3) is 2.19. The number of carbonyl (C=O) groups is 1. The van der Waals surface area contributed by atoms with Crippen molar-refractivity contribution in [2.45, 2.75) is 0 Å². The number of carboxylic acids is 1. The maximum absolute atomic E-state index is 11.2. The maximum atomic E-state index is 11.2. The number of carboxylic acid groups (broad SMARTS) is 1. The first-order valence-corrected chi connectivity index (χ1v) is 6.81. The Kier molecular flexibility index (Phi) is 3.23. The van der Waals surface area contributed by atoms with Crippen molar-refractivity contribution in [1.29, 1.82) is 0 Å². The SMILES string of the molecule is O=C(O)c1cccc2oc(-c3ccc(Cl)c(Br)c3)nc12. The Morgan fingerprint density at radius 3 is 2.80 bits per heavy atom. The van der Waals surface area contributed by atoms with E-state index >= 15 is 0 Å². The van der Waals surface area contributed by atoms with Crippen LogP contribution in [0.4, 0.5) is 0 Å². The lowest BCUT2D eigenvalue weighted by Gasteiger charge is -1.98. The molecule has 3 rings (SSSR count). The third-order valence-corrected chi connectivity index (χ3v) is 4.03. The molecule has 100 valence electrons. The van der Waals surface area contributed by atoms with Gasteiger partial charge in [-0.15, -0.1) is 0 Å². The van der Waals surface area contributed by atoms with Gasteiger partial charge in [0.2, 0.25) is 5.89 Å². The van der Waals surface area contributed by atoms with Crippen LogP contribution in [0.2, 0.25) is 5.02 Å². The van der Waals surface area contributed by atoms with Crippen LogP contribution in [0.1, 0.15) is 10.4 Å². The third-order valence-electron chi connectivity index (χ3n) is 2.82. The van der Waals surface area contributed by atoms with E-state index in [-0.39, 0.29) is 5.56 Å². The molecule has 0 aliphatic rings. The quantitative estimate of drug-likeness (QED) is 0.731. The summed E-state index contributed by atoms with van der Waals surface area (Å²) < 4.78 is 6.32. The Labute approximate surface area is 127 Å². The zero-order chi connectivity index (χ0) is 14.3. The minimum atomic E-state index is -1.03. The van der Waals surface area contributed by atoms with Crippen LogP contribution in [0, 0.1) is 0 Å². The molecule has 0 amide bonds.